The van der Waals surface area contributed by atoms with E-state index in [9.17, 15) is 4.39 Å². The minimum absolute atomic E-state index is 0.190. The van der Waals surface area contributed by atoms with Gasteiger partial charge < -0.3 is 5.11 Å². The molecular weight excluding hydrogens is 195 g/mol. The molecule has 0 radical (unpaired) electrons. The van der Waals surface area contributed by atoms with E-state index in [-0.39, 0.29) is 12.4 Å². The molecule has 0 amide bonds. The lowest BCUT2D eigenvalue weighted by atomic mass is 10.1. The zero-order chi connectivity index (χ0) is 10.8. The Balaban J connectivity index is 2.58. The molecule has 0 aliphatic heterocycles. The van der Waals surface area contributed by atoms with Crippen LogP contribution in [0.25, 0.3) is 11.1 Å². The van der Waals surface area contributed by atoms with Crippen molar-refractivity contribution in [3.05, 3.63) is 42.0 Å². The van der Waals surface area contributed by atoms with E-state index in [4.69, 9.17) is 5.11 Å². The zero-order valence-electron chi connectivity index (χ0n) is 8.31. The Labute approximate surface area is 86.8 Å². The number of aryl methyl sites for hydroxylation is 1. The van der Waals surface area contributed by atoms with E-state index in [1.807, 2.05) is 0 Å². The highest BCUT2D eigenvalue weighted by Crippen LogP contribution is 2.25. The van der Waals surface area contributed by atoms with Crippen molar-refractivity contribution in [2.45, 2.75) is 6.61 Å². The standard InChI is InChI=1S/C11H11FN2O/c1-14-6-9(11(7-15)13-14)8-4-2-3-5-10(8)12/h2-6,15H,7H2,1H3. The minimum Gasteiger partial charge on any atom is -0.390 e. The quantitative estimate of drug-likeness (QED) is 0.812. The lowest BCUT2D eigenvalue weighted by molar-refractivity contribution is 0.276. The maximum atomic E-state index is 13.5. The summed E-state index contributed by atoms with van der Waals surface area (Å²) in [5.41, 5.74) is 1.59. The number of aromatic nitrogens is 2. The van der Waals surface area contributed by atoms with Crippen LogP contribution in [0.3, 0.4) is 0 Å². The summed E-state index contributed by atoms with van der Waals surface area (Å²) >= 11 is 0. The summed E-state index contributed by atoms with van der Waals surface area (Å²) in [6.45, 7) is -0.190. The minimum atomic E-state index is -0.305. The number of hydrogen-bond donors (Lipinski definition) is 1. The molecule has 2 rings (SSSR count). The Bertz CT molecular complexity index is 479. The molecule has 4 heteroatoms. The highest BCUT2D eigenvalue weighted by molar-refractivity contribution is 5.65. The van der Waals surface area contributed by atoms with Gasteiger partial charge in [0, 0.05) is 24.4 Å². The van der Waals surface area contributed by atoms with Gasteiger partial charge in [-0.2, -0.15) is 5.10 Å². The Morgan fingerprint density at radius 1 is 1.33 bits per heavy atom. The van der Waals surface area contributed by atoms with Crippen LogP contribution in [0, 0.1) is 5.82 Å². The molecule has 1 heterocycles. The van der Waals surface area contributed by atoms with Crippen LogP contribution in [0.1, 0.15) is 5.69 Å². The first-order valence-electron chi connectivity index (χ1n) is 4.60. The maximum Gasteiger partial charge on any atom is 0.131 e. The van der Waals surface area contributed by atoms with Gasteiger partial charge in [0.1, 0.15) is 5.82 Å². The number of nitrogens with zero attached hydrogens (tertiary/aromatic N) is 2. The molecule has 0 unspecified atom stereocenters. The third-order valence-corrected chi connectivity index (χ3v) is 2.22. The smallest absolute Gasteiger partial charge is 0.131 e. The second-order valence-corrected chi connectivity index (χ2v) is 3.30. The number of aliphatic hydroxyl groups is 1. The molecular formula is C11H11FN2O. The molecule has 1 N–H and O–H groups in total. The largest absolute Gasteiger partial charge is 0.390 e. The van der Waals surface area contributed by atoms with Gasteiger partial charge in [-0.15, -0.1) is 0 Å². The van der Waals surface area contributed by atoms with Crippen LogP contribution in [0.5, 0.6) is 0 Å². The summed E-state index contributed by atoms with van der Waals surface area (Å²) < 4.78 is 15.0. The lowest BCUT2D eigenvalue weighted by Gasteiger charge is -2.00. The van der Waals surface area contributed by atoms with E-state index in [0.717, 1.165) is 0 Å². The average molecular weight is 206 g/mol. The Hall–Kier alpha value is -1.68. The Morgan fingerprint density at radius 2 is 2.07 bits per heavy atom. The van der Waals surface area contributed by atoms with Crippen LogP contribution in [0.2, 0.25) is 0 Å². The van der Waals surface area contributed by atoms with E-state index in [1.165, 1.54) is 6.07 Å². The first-order chi connectivity index (χ1) is 7.22. The topological polar surface area (TPSA) is 38.0 Å². The molecule has 0 aliphatic carbocycles. The van der Waals surface area contributed by atoms with Crippen molar-refractivity contribution in [2.75, 3.05) is 0 Å². The molecule has 0 bridgehead atoms. The monoisotopic (exact) mass is 206 g/mol. The van der Waals surface area contributed by atoms with Crippen molar-refractivity contribution in [3.63, 3.8) is 0 Å². The van der Waals surface area contributed by atoms with Crippen LogP contribution < -0.4 is 0 Å². The second-order valence-electron chi connectivity index (χ2n) is 3.30. The van der Waals surface area contributed by atoms with Gasteiger partial charge in [0.05, 0.1) is 12.3 Å². The number of aliphatic hydroxyl groups excluding tert-OH is 1. The molecule has 0 atom stereocenters. The van der Waals surface area contributed by atoms with Gasteiger partial charge in [-0.25, -0.2) is 4.39 Å². The summed E-state index contributed by atoms with van der Waals surface area (Å²) in [4.78, 5) is 0. The molecule has 15 heavy (non-hydrogen) atoms. The van der Waals surface area contributed by atoms with E-state index in [1.54, 1.807) is 36.1 Å². The van der Waals surface area contributed by atoms with E-state index in [2.05, 4.69) is 5.10 Å². The summed E-state index contributed by atoms with van der Waals surface area (Å²) in [5.74, 6) is -0.305. The fourth-order valence-electron chi connectivity index (χ4n) is 1.56. The normalized spacial score (nSPS) is 10.6. The van der Waals surface area contributed by atoms with Crippen LogP contribution >= 0.6 is 0 Å². The third kappa shape index (κ3) is 1.76. The van der Waals surface area contributed by atoms with Crippen molar-refractivity contribution < 1.29 is 9.50 Å². The molecule has 0 saturated carbocycles. The summed E-state index contributed by atoms with van der Waals surface area (Å²) in [6, 6.07) is 6.45. The van der Waals surface area contributed by atoms with Crippen molar-refractivity contribution >= 4 is 0 Å². The fourth-order valence-corrected chi connectivity index (χ4v) is 1.56. The first-order valence-corrected chi connectivity index (χ1v) is 4.60. The van der Waals surface area contributed by atoms with E-state index >= 15 is 0 Å². The Kier molecular flexibility index (Phi) is 2.51. The SMILES string of the molecule is Cn1cc(-c2ccccc2F)c(CO)n1. The molecule has 3 nitrogen and oxygen atoms in total. The van der Waals surface area contributed by atoms with Gasteiger partial charge in [-0.3, -0.25) is 4.68 Å². The van der Waals surface area contributed by atoms with Crippen LogP contribution in [-0.2, 0) is 13.7 Å². The average Bonchev–Trinajstić information content (AvgIpc) is 2.60. The summed E-state index contributed by atoms with van der Waals surface area (Å²) in [5, 5.41) is 13.1. The first kappa shape index (κ1) is 9.86. The molecule has 0 aliphatic rings. The molecule has 2 aromatic rings. The van der Waals surface area contributed by atoms with E-state index in [0.29, 0.717) is 16.8 Å². The van der Waals surface area contributed by atoms with E-state index < -0.39 is 0 Å². The molecule has 1 aromatic heterocycles. The van der Waals surface area contributed by atoms with Crippen LogP contribution in [0.15, 0.2) is 30.5 Å². The molecule has 1 aromatic carbocycles. The molecule has 78 valence electrons. The summed E-state index contributed by atoms with van der Waals surface area (Å²) in [7, 11) is 1.74. The summed E-state index contributed by atoms with van der Waals surface area (Å²) in [6.07, 6.45) is 1.70. The number of halogens is 1. The molecule has 0 fully saturated rings. The molecule has 0 saturated heterocycles. The van der Waals surface area contributed by atoms with Crippen LogP contribution in [0.4, 0.5) is 4.39 Å². The third-order valence-electron chi connectivity index (χ3n) is 2.22. The second kappa shape index (κ2) is 3.82. The van der Waals surface area contributed by atoms with Gasteiger partial charge in [0.15, 0.2) is 0 Å². The van der Waals surface area contributed by atoms with Crippen molar-refractivity contribution in [1.82, 2.24) is 9.78 Å². The lowest BCUT2D eigenvalue weighted by Crippen LogP contribution is -1.91. The predicted octanol–water partition coefficient (Wildman–Crippen LogP) is 1.72. The fraction of sp³-hybridized carbons (Fsp3) is 0.182. The van der Waals surface area contributed by atoms with Crippen molar-refractivity contribution in [3.8, 4) is 11.1 Å². The molecule has 0 spiro atoms. The number of benzene rings is 1. The van der Waals surface area contributed by atoms with Gasteiger partial charge in [0.2, 0.25) is 0 Å². The van der Waals surface area contributed by atoms with Gasteiger partial charge in [-0.05, 0) is 6.07 Å². The number of rotatable bonds is 2. The highest BCUT2D eigenvalue weighted by atomic mass is 19.1. The van der Waals surface area contributed by atoms with Crippen molar-refractivity contribution in [2.24, 2.45) is 7.05 Å². The van der Waals surface area contributed by atoms with Gasteiger partial charge >= 0.3 is 0 Å². The van der Waals surface area contributed by atoms with Crippen LogP contribution in [-0.4, -0.2) is 14.9 Å². The number of hydrogen-bond acceptors (Lipinski definition) is 2. The van der Waals surface area contributed by atoms with Crippen molar-refractivity contribution in [1.29, 1.82) is 0 Å². The highest BCUT2D eigenvalue weighted by Gasteiger charge is 2.11. The zero-order valence-corrected chi connectivity index (χ0v) is 8.31. The Morgan fingerprint density at radius 3 is 2.73 bits per heavy atom. The maximum absolute atomic E-state index is 13.5. The van der Waals surface area contributed by atoms with Gasteiger partial charge in [0.25, 0.3) is 0 Å². The predicted molar refractivity (Wildman–Crippen MR) is 54.5 cm³/mol. The van der Waals surface area contributed by atoms with Gasteiger partial charge in [-0.1, -0.05) is 18.2 Å².